The SMILES string of the molecule is CC[C@H]1CCC[C@H](OC(C)=O)[C@@H](C)C(=O)C2=C[C@H]3[C@@H]4C[C@H](O[C@@H]5OC(C)[C@H](OC)C(OC)[C@@H]5OC)C[C@H]4[C@@H]4C(=O)C(Cl)(Cl)[C@@H]4[C@H]3[C@@H]2CC(=O)O1.CC[C@H]1CCC[C@H](OC(C)=O)[C@@H](C)C(=O)C2=C[C@H]3[C@@H]4C[C@H](O[C@@H]5OC(C)[C@H](OC)C(OC)[C@@H]5OC)C[C@H]4[C@H]4[C@H](C(=O)C4(Cl)Cl)[C@H]3[C@@H]2CC(=O)O1. The average molecular weight is 1490 g/mol. The van der Waals surface area contributed by atoms with E-state index in [1.54, 1.807) is 56.5 Å². The van der Waals surface area contributed by atoms with Crippen molar-refractivity contribution in [3.63, 3.8) is 0 Å². The van der Waals surface area contributed by atoms with Crippen molar-refractivity contribution in [3.05, 3.63) is 23.3 Å². The van der Waals surface area contributed by atoms with E-state index in [1.807, 2.05) is 39.8 Å². The first kappa shape index (κ1) is 77.9. The fourth-order valence-corrected chi connectivity index (χ4v) is 22.6. The number of allylic oxidation sites excluding steroid dienone is 4. The number of ether oxygens (including phenoxy) is 14. The number of fused-ring (bicyclic) bond motifs is 16. The minimum Gasteiger partial charge on any atom is -0.462 e. The summed E-state index contributed by atoms with van der Waals surface area (Å²) in [5.41, 5.74) is 1.02. The molecule has 0 aromatic rings. The van der Waals surface area contributed by atoms with Crippen LogP contribution in [0.2, 0.25) is 0 Å². The van der Waals surface area contributed by atoms with Gasteiger partial charge in [-0.1, -0.05) is 86.3 Å². The van der Waals surface area contributed by atoms with Gasteiger partial charge in [-0.3, -0.25) is 38.4 Å². The highest BCUT2D eigenvalue weighted by Gasteiger charge is 2.75. The van der Waals surface area contributed by atoms with Crippen LogP contribution in [0, 0.1) is 94.7 Å². The zero-order valence-corrected chi connectivity index (χ0v) is 63.0. The lowest BCUT2D eigenvalue weighted by Crippen LogP contribution is -2.66. The van der Waals surface area contributed by atoms with Gasteiger partial charge in [0.15, 0.2) is 44.4 Å². The summed E-state index contributed by atoms with van der Waals surface area (Å²) in [6, 6.07) is 0. The van der Waals surface area contributed by atoms with Gasteiger partial charge >= 0.3 is 23.9 Å². The van der Waals surface area contributed by atoms with Gasteiger partial charge in [-0.25, -0.2) is 0 Å². The van der Waals surface area contributed by atoms with Crippen LogP contribution in [-0.2, 0) is 105 Å². The molecule has 12 aliphatic rings. The Hall–Kier alpha value is -3.20. The van der Waals surface area contributed by atoms with Gasteiger partial charge in [0, 0.05) is 92.0 Å². The molecule has 12 rings (SSSR count). The van der Waals surface area contributed by atoms with Gasteiger partial charge in [0.25, 0.3) is 0 Å². The second-order valence-corrected chi connectivity index (χ2v) is 33.3. The van der Waals surface area contributed by atoms with Gasteiger partial charge < -0.3 is 66.3 Å². The van der Waals surface area contributed by atoms with Crippen molar-refractivity contribution >= 4 is 93.4 Å². The predicted octanol–water partition coefficient (Wildman–Crippen LogP) is 10.0. The summed E-state index contributed by atoms with van der Waals surface area (Å²) in [6.45, 7) is 14.0. The summed E-state index contributed by atoms with van der Waals surface area (Å²) in [6.07, 6.45) is 3.85. The summed E-state index contributed by atoms with van der Waals surface area (Å²) in [5.74, 6) is -7.93. The molecule has 100 heavy (non-hydrogen) atoms. The molecule has 0 N–H and O–H groups in total. The van der Waals surface area contributed by atoms with E-state index in [9.17, 15) is 38.4 Å². The molecule has 0 aromatic carbocycles. The number of alkyl halides is 4. The quantitative estimate of drug-likeness (QED) is 0.0889. The highest BCUT2D eigenvalue weighted by atomic mass is 35.5. The monoisotopic (exact) mass is 1480 g/mol. The van der Waals surface area contributed by atoms with E-state index in [1.165, 1.54) is 13.8 Å². The molecule has 26 heteroatoms. The summed E-state index contributed by atoms with van der Waals surface area (Å²) >= 11 is 27.4. The Bertz CT molecular complexity index is 3100. The van der Waals surface area contributed by atoms with Crippen LogP contribution in [0.15, 0.2) is 23.3 Å². The average Bonchev–Trinajstić information content (AvgIpc) is 1.44. The number of halogens is 4. The van der Waals surface area contributed by atoms with Crippen molar-refractivity contribution < 1.29 is 105 Å². The summed E-state index contributed by atoms with van der Waals surface area (Å²) in [7, 11) is 9.60. The first-order valence-electron chi connectivity index (χ1n) is 36.4. The smallest absolute Gasteiger partial charge is 0.306 e. The number of carbonyl (C=O) groups is 8. The molecule has 0 amide bonds. The molecule has 0 radical (unpaired) electrons. The normalized spacial score (nSPS) is 45.8. The van der Waals surface area contributed by atoms with Crippen LogP contribution in [0.1, 0.15) is 145 Å². The lowest BCUT2D eigenvalue weighted by molar-refractivity contribution is -0.314. The molecule has 4 saturated heterocycles. The Balaban J connectivity index is 0.000000202. The molecule has 560 valence electrons. The Labute approximate surface area is 607 Å². The van der Waals surface area contributed by atoms with Gasteiger partial charge in [-0.15, -0.1) is 0 Å². The Morgan fingerprint density at radius 3 is 1.29 bits per heavy atom. The maximum atomic E-state index is 14.4. The standard InChI is InChI=1S/2C37H52Cl2O11/c1-8-19-10-9-11-26(48-18(4)40)16(2)31(42)25-14-22-21-12-20(50-36-34(46-7)33(45-6)32(44-5)17(3)47-36)13-24(21)30-29(35(43)37(30,38)39)28(22)23(25)15-27(41)49-19;1-8-19-10-9-11-26(48-18(4)40)16(2)31(42)25-14-23-21-12-20(50-36-34(46-7)33(45-6)32(44-5)17(3)47-36)13-22(21)29-30(37(38,39)35(29)43)28(23)24(25)15-27(41)49-19/h2*14,16-17,19-24,26,28-30,32-34,36H,8-13,15H2,1-7H3/t16-,17?,19+,20+,21+,22+,23-,24-,26+,28-,29-,30+,32+,33?,34+,36+;16-,17?,19+,20+,21-,22-,23+,24-,26+,28-,29+,30-,32+,33?,34+,36+/m11/s1. The number of hydrogen-bond acceptors (Lipinski definition) is 22. The lowest BCUT2D eigenvalue weighted by Gasteiger charge is -2.59. The Kier molecular flexibility index (Phi) is 24.7. The van der Waals surface area contributed by atoms with Gasteiger partial charge in [0.2, 0.25) is 0 Å². The third-order valence-corrected chi connectivity index (χ3v) is 27.2. The molecular weight excluding hydrogens is 1380 g/mol. The first-order chi connectivity index (χ1) is 47.5. The number of cyclic esters (lactones) is 2. The van der Waals surface area contributed by atoms with Crippen molar-refractivity contribution in [2.45, 2.75) is 252 Å². The van der Waals surface area contributed by atoms with Crippen LogP contribution in [-0.4, -0.2) is 196 Å². The molecule has 10 fully saturated rings. The highest BCUT2D eigenvalue weighted by molar-refractivity contribution is 6.61. The molecular formula is C74H104Cl4O22. The number of esters is 4. The van der Waals surface area contributed by atoms with Crippen molar-refractivity contribution in [3.8, 4) is 0 Å². The van der Waals surface area contributed by atoms with Crippen LogP contribution in [0.5, 0.6) is 0 Å². The third-order valence-electron chi connectivity index (χ3n) is 25.4. The summed E-state index contributed by atoms with van der Waals surface area (Å²) < 4.78 is 80.5. The molecule has 32 atom stereocenters. The second kappa shape index (κ2) is 31.7. The lowest BCUT2D eigenvalue weighted by atomic mass is 9.48. The number of Topliss-reactive ketones (excluding diaryl/α,β-unsaturated/α-hetero) is 4. The number of hydrogen-bond donors (Lipinski definition) is 0. The van der Waals surface area contributed by atoms with Crippen LogP contribution >= 0.6 is 46.4 Å². The molecule has 4 aliphatic heterocycles. The number of carbonyl (C=O) groups excluding carboxylic acids is 8. The van der Waals surface area contributed by atoms with Crippen LogP contribution in [0.3, 0.4) is 0 Å². The van der Waals surface area contributed by atoms with Crippen molar-refractivity contribution in [2.75, 3.05) is 42.7 Å². The molecule has 0 bridgehead atoms. The van der Waals surface area contributed by atoms with Crippen molar-refractivity contribution in [1.82, 2.24) is 0 Å². The number of rotatable bonds is 14. The van der Waals surface area contributed by atoms with Gasteiger partial charge in [0.05, 0.1) is 49.1 Å². The van der Waals surface area contributed by atoms with E-state index in [0.717, 1.165) is 0 Å². The highest BCUT2D eigenvalue weighted by Crippen LogP contribution is 2.71. The van der Waals surface area contributed by atoms with E-state index in [4.69, 9.17) is 113 Å². The third kappa shape index (κ3) is 14.4. The molecule has 6 saturated carbocycles. The molecule has 4 heterocycles. The Morgan fingerprint density at radius 1 is 0.490 bits per heavy atom. The van der Waals surface area contributed by atoms with E-state index < -0.39 is 111 Å². The molecule has 4 unspecified atom stereocenters. The van der Waals surface area contributed by atoms with Gasteiger partial charge in [0.1, 0.15) is 61.0 Å². The fourth-order valence-electron chi connectivity index (χ4n) is 20.9. The molecule has 0 aromatic heterocycles. The predicted molar refractivity (Wildman–Crippen MR) is 362 cm³/mol. The molecule has 8 aliphatic carbocycles. The minimum absolute atomic E-state index is 0.0225. The van der Waals surface area contributed by atoms with E-state index in [2.05, 4.69) is 0 Å². The van der Waals surface area contributed by atoms with E-state index in [-0.39, 0.29) is 150 Å². The van der Waals surface area contributed by atoms with Crippen LogP contribution < -0.4 is 0 Å². The minimum atomic E-state index is -1.64. The zero-order chi connectivity index (χ0) is 72.5. The maximum Gasteiger partial charge on any atom is 0.306 e. The summed E-state index contributed by atoms with van der Waals surface area (Å²) in [4.78, 5) is 108. The van der Waals surface area contributed by atoms with Gasteiger partial charge in [-0.05, 0) is 149 Å². The van der Waals surface area contributed by atoms with Gasteiger partial charge in [-0.2, -0.15) is 0 Å². The molecule has 0 spiro atoms. The zero-order valence-electron chi connectivity index (χ0n) is 60.0. The number of ketones is 4. The van der Waals surface area contributed by atoms with Crippen molar-refractivity contribution in [2.24, 2.45) is 94.7 Å². The van der Waals surface area contributed by atoms with Crippen molar-refractivity contribution in [1.29, 1.82) is 0 Å². The van der Waals surface area contributed by atoms with Crippen LogP contribution in [0.4, 0.5) is 0 Å². The van der Waals surface area contributed by atoms with E-state index in [0.29, 0.717) is 88.2 Å². The topological polar surface area (TPSA) is 266 Å². The number of methoxy groups -OCH3 is 6. The maximum absolute atomic E-state index is 14.4. The summed E-state index contributed by atoms with van der Waals surface area (Å²) in [5, 5.41) is 0. The molecule has 22 nitrogen and oxygen atoms in total. The first-order valence-corrected chi connectivity index (χ1v) is 37.9. The van der Waals surface area contributed by atoms with Crippen LogP contribution in [0.25, 0.3) is 0 Å². The largest absolute Gasteiger partial charge is 0.462 e. The Morgan fingerprint density at radius 2 is 0.870 bits per heavy atom. The fraction of sp³-hybridized carbons (Fsp3) is 0.838. The van der Waals surface area contributed by atoms with E-state index >= 15 is 0 Å². The second-order valence-electron chi connectivity index (χ2n) is 30.5.